The molecule has 15 heavy (non-hydrogen) atoms. The summed E-state index contributed by atoms with van der Waals surface area (Å²) in [5.41, 5.74) is -0.0921. The first-order valence-electron chi connectivity index (χ1n) is 5.98. The van der Waals surface area contributed by atoms with Gasteiger partial charge in [-0.3, -0.25) is 0 Å². The molecule has 1 N–H and O–H groups in total. The van der Waals surface area contributed by atoms with Crippen molar-refractivity contribution in [2.75, 3.05) is 27.4 Å². The topological polar surface area (TPSA) is 30.5 Å². The van der Waals surface area contributed by atoms with Crippen molar-refractivity contribution in [2.45, 2.75) is 51.7 Å². The molecule has 0 heterocycles. The van der Waals surface area contributed by atoms with Gasteiger partial charge in [0.15, 0.2) is 0 Å². The summed E-state index contributed by atoms with van der Waals surface area (Å²) in [6.07, 6.45) is 3.14. The second kappa shape index (κ2) is 8.08. The summed E-state index contributed by atoms with van der Waals surface area (Å²) in [6, 6.07) is 0.280. The summed E-state index contributed by atoms with van der Waals surface area (Å²) in [6.45, 7) is 8.23. The summed E-state index contributed by atoms with van der Waals surface area (Å²) in [5.74, 6) is 0. The normalized spacial score (nSPS) is 14.2. The highest BCUT2D eigenvalue weighted by Crippen LogP contribution is 2.24. The number of rotatable bonds is 9. The lowest BCUT2D eigenvalue weighted by molar-refractivity contribution is -0.0646. The van der Waals surface area contributed by atoms with E-state index in [9.17, 15) is 0 Å². The summed E-state index contributed by atoms with van der Waals surface area (Å²) < 4.78 is 11.0. The van der Waals surface area contributed by atoms with Crippen LogP contribution in [0.4, 0.5) is 0 Å². The van der Waals surface area contributed by atoms with E-state index in [4.69, 9.17) is 9.47 Å². The lowest BCUT2D eigenvalue weighted by Crippen LogP contribution is -2.54. The first kappa shape index (κ1) is 14.9. The van der Waals surface area contributed by atoms with Crippen molar-refractivity contribution in [1.82, 2.24) is 5.32 Å². The fraction of sp³-hybridized carbons (Fsp3) is 1.00. The molecule has 0 amide bonds. The van der Waals surface area contributed by atoms with Crippen molar-refractivity contribution in [2.24, 2.45) is 0 Å². The third-order valence-corrected chi connectivity index (χ3v) is 3.21. The first-order valence-corrected chi connectivity index (χ1v) is 5.98. The van der Waals surface area contributed by atoms with Crippen LogP contribution in [0, 0.1) is 0 Å². The fourth-order valence-electron chi connectivity index (χ4n) is 2.06. The molecule has 1 unspecified atom stereocenters. The van der Waals surface area contributed by atoms with Gasteiger partial charge in [-0.25, -0.2) is 0 Å². The Bertz CT molecular complexity index is 138. The van der Waals surface area contributed by atoms with E-state index in [2.05, 4.69) is 26.1 Å². The summed E-state index contributed by atoms with van der Waals surface area (Å²) in [7, 11) is 3.54. The van der Waals surface area contributed by atoms with Gasteiger partial charge < -0.3 is 14.8 Å². The number of nitrogens with one attached hydrogen (secondary N) is 1. The van der Waals surface area contributed by atoms with Gasteiger partial charge in [0, 0.05) is 14.2 Å². The molecule has 0 saturated carbocycles. The molecule has 0 spiro atoms. The van der Waals surface area contributed by atoms with E-state index in [1.807, 2.05) is 0 Å². The third kappa shape index (κ3) is 4.09. The monoisotopic (exact) mass is 217 g/mol. The third-order valence-electron chi connectivity index (χ3n) is 3.21. The molecule has 1 atom stereocenters. The van der Waals surface area contributed by atoms with Crippen LogP contribution < -0.4 is 5.32 Å². The molecule has 3 nitrogen and oxygen atoms in total. The maximum Gasteiger partial charge on any atom is 0.0848 e. The smallest absolute Gasteiger partial charge is 0.0848 e. The predicted molar refractivity (Wildman–Crippen MR) is 64.3 cm³/mol. The van der Waals surface area contributed by atoms with E-state index >= 15 is 0 Å². The number of hydrogen-bond acceptors (Lipinski definition) is 3. The number of methoxy groups -OCH3 is 2. The van der Waals surface area contributed by atoms with Crippen LogP contribution in [0.2, 0.25) is 0 Å². The molecule has 92 valence electrons. The molecule has 0 radical (unpaired) electrons. The Balaban J connectivity index is 4.50. The Kier molecular flexibility index (Phi) is 8.02. The van der Waals surface area contributed by atoms with E-state index < -0.39 is 0 Å². The maximum atomic E-state index is 5.71. The van der Waals surface area contributed by atoms with Crippen molar-refractivity contribution < 1.29 is 9.47 Å². The van der Waals surface area contributed by atoms with Gasteiger partial charge in [0.05, 0.1) is 18.2 Å². The Morgan fingerprint density at radius 3 is 2.07 bits per heavy atom. The summed E-state index contributed by atoms with van der Waals surface area (Å²) in [5, 5.41) is 3.51. The Labute approximate surface area is 94.5 Å². The highest BCUT2D eigenvalue weighted by molar-refractivity contribution is 4.91. The largest absolute Gasteiger partial charge is 0.383 e. The van der Waals surface area contributed by atoms with Gasteiger partial charge in [-0.15, -0.1) is 0 Å². The zero-order valence-electron chi connectivity index (χ0n) is 10.9. The molecule has 0 fully saturated rings. The average molecular weight is 217 g/mol. The molecule has 0 aromatic carbocycles. The van der Waals surface area contributed by atoms with Crippen molar-refractivity contribution in [3.63, 3.8) is 0 Å². The Hall–Kier alpha value is -0.120. The van der Waals surface area contributed by atoms with Crippen LogP contribution in [0.1, 0.15) is 40.0 Å². The van der Waals surface area contributed by atoms with Gasteiger partial charge in [0.1, 0.15) is 0 Å². The van der Waals surface area contributed by atoms with Crippen molar-refractivity contribution >= 4 is 0 Å². The van der Waals surface area contributed by atoms with E-state index in [0.29, 0.717) is 6.61 Å². The second-order valence-electron chi connectivity index (χ2n) is 3.94. The van der Waals surface area contributed by atoms with Crippen LogP contribution in [0.3, 0.4) is 0 Å². The summed E-state index contributed by atoms with van der Waals surface area (Å²) >= 11 is 0. The Morgan fingerprint density at radius 2 is 1.73 bits per heavy atom. The maximum absolute atomic E-state index is 5.71. The number of hydrogen-bond donors (Lipinski definition) is 1. The van der Waals surface area contributed by atoms with E-state index in [1.165, 1.54) is 0 Å². The molecule has 0 aliphatic heterocycles. The van der Waals surface area contributed by atoms with Crippen LogP contribution in [-0.2, 0) is 9.47 Å². The molecular formula is C12H27NO2. The molecule has 0 aromatic rings. The first-order chi connectivity index (χ1) is 7.20. The zero-order valence-corrected chi connectivity index (χ0v) is 10.9. The number of ether oxygens (including phenoxy) is 2. The molecule has 0 aliphatic carbocycles. The predicted octanol–water partition coefficient (Wildman–Crippen LogP) is 2.21. The minimum absolute atomic E-state index is 0.0921. The van der Waals surface area contributed by atoms with Crippen LogP contribution in [0.15, 0.2) is 0 Å². The molecule has 0 saturated heterocycles. The van der Waals surface area contributed by atoms with Gasteiger partial charge in [0.25, 0.3) is 0 Å². The molecule has 0 aromatic heterocycles. The zero-order chi connectivity index (χ0) is 11.7. The highest BCUT2D eigenvalue weighted by Gasteiger charge is 2.35. The van der Waals surface area contributed by atoms with Crippen LogP contribution in [-0.4, -0.2) is 39.0 Å². The van der Waals surface area contributed by atoms with E-state index in [-0.39, 0.29) is 11.6 Å². The van der Waals surface area contributed by atoms with Crippen molar-refractivity contribution in [1.29, 1.82) is 0 Å². The standard InChI is InChI=1S/C12H27NO2/c1-6-9-13-11(10-14-4)12(7-2,8-3)15-5/h11,13H,6-10H2,1-5H3. The second-order valence-corrected chi connectivity index (χ2v) is 3.94. The lowest BCUT2D eigenvalue weighted by Gasteiger charge is -2.38. The van der Waals surface area contributed by atoms with E-state index in [1.54, 1.807) is 14.2 Å². The van der Waals surface area contributed by atoms with Gasteiger partial charge in [-0.2, -0.15) is 0 Å². The van der Waals surface area contributed by atoms with E-state index in [0.717, 1.165) is 25.8 Å². The van der Waals surface area contributed by atoms with Crippen LogP contribution in [0.5, 0.6) is 0 Å². The average Bonchev–Trinajstić information content (AvgIpc) is 2.28. The van der Waals surface area contributed by atoms with Gasteiger partial charge in [-0.1, -0.05) is 20.8 Å². The SMILES string of the molecule is CCCNC(COC)C(CC)(CC)OC. The van der Waals surface area contributed by atoms with Crippen molar-refractivity contribution in [3.8, 4) is 0 Å². The molecule has 0 aliphatic rings. The minimum Gasteiger partial charge on any atom is -0.383 e. The fourth-order valence-corrected chi connectivity index (χ4v) is 2.06. The Morgan fingerprint density at radius 1 is 1.13 bits per heavy atom. The molecule has 0 bridgehead atoms. The van der Waals surface area contributed by atoms with Crippen LogP contribution >= 0.6 is 0 Å². The summed E-state index contributed by atoms with van der Waals surface area (Å²) in [4.78, 5) is 0. The van der Waals surface area contributed by atoms with Crippen molar-refractivity contribution in [3.05, 3.63) is 0 Å². The quantitative estimate of drug-likeness (QED) is 0.642. The molecule has 0 rings (SSSR count). The van der Waals surface area contributed by atoms with Gasteiger partial charge in [-0.05, 0) is 25.8 Å². The molecular weight excluding hydrogens is 190 g/mol. The lowest BCUT2D eigenvalue weighted by atomic mass is 9.88. The highest BCUT2D eigenvalue weighted by atomic mass is 16.5. The van der Waals surface area contributed by atoms with Crippen LogP contribution in [0.25, 0.3) is 0 Å². The minimum atomic E-state index is -0.0921. The van der Waals surface area contributed by atoms with Gasteiger partial charge in [0.2, 0.25) is 0 Å². The molecule has 3 heteroatoms. The van der Waals surface area contributed by atoms with Gasteiger partial charge >= 0.3 is 0 Å².